The highest BCUT2D eigenvalue weighted by Crippen LogP contribution is 2.44. The van der Waals surface area contributed by atoms with E-state index in [-0.39, 0.29) is 0 Å². The number of aromatic nitrogens is 2. The maximum atomic E-state index is 5.16. The fraction of sp³-hybridized carbons (Fsp3) is 0.182. The molecule has 0 fully saturated rings. The number of hydrogen-bond acceptors (Lipinski definition) is 2. The molecule has 0 saturated carbocycles. The zero-order chi connectivity index (χ0) is 24.1. The number of hydrogen-bond donors (Lipinski definition) is 0. The third kappa shape index (κ3) is 3.42. The lowest BCUT2D eigenvalue weighted by atomic mass is 9.82. The number of aryl methyl sites for hydroxylation is 1. The lowest BCUT2D eigenvalue weighted by molar-refractivity contribution is 0.654. The Hall–Kier alpha value is -3.69. The Morgan fingerprint density at radius 3 is 2.69 bits per heavy atom. The molecule has 2 aliphatic carbocycles. The molecule has 36 heavy (non-hydrogen) atoms. The average molecular weight is 485 g/mol. The fourth-order valence-corrected chi connectivity index (χ4v) is 7.23. The van der Waals surface area contributed by atoms with Crippen LogP contribution < -0.4 is 0 Å². The standard InChI is InChI=1S/C33H28N2S/c1-2-22-21-23(25-14-10-15-28-27-13-6-9-18-31(27)36-32(25)28)19-20-26(22)33-34-29-16-7-8-17-30(29)35(33)24-11-4-3-5-12-24/h3-5,7-12,14-20,22H,2,6,13,21H2,1H3. The highest BCUT2D eigenvalue weighted by Gasteiger charge is 2.26. The Morgan fingerprint density at radius 2 is 1.81 bits per heavy atom. The predicted octanol–water partition coefficient (Wildman–Crippen LogP) is 9.10. The van der Waals surface area contributed by atoms with E-state index in [2.05, 4.69) is 109 Å². The van der Waals surface area contributed by atoms with Gasteiger partial charge in [0.2, 0.25) is 0 Å². The third-order valence-corrected chi connectivity index (χ3v) is 8.97. The molecule has 1 unspecified atom stereocenters. The summed E-state index contributed by atoms with van der Waals surface area (Å²) in [6, 6.07) is 26.0. The van der Waals surface area contributed by atoms with Crippen LogP contribution in [0.4, 0.5) is 0 Å². The van der Waals surface area contributed by atoms with Gasteiger partial charge in [-0.1, -0.05) is 73.7 Å². The molecular formula is C33H28N2S. The summed E-state index contributed by atoms with van der Waals surface area (Å²) in [5.74, 6) is 1.49. The zero-order valence-electron chi connectivity index (χ0n) is 20.4. The fourth-order valence-electron chi connectivity index (χ4n) is 5.90. The predicted molar refractivity (Wildman–Crippen MR) is 155 cm³/mol. The van der Waals surface area contributed by atoms with Crippen LogP contribution in [-0.2, 0) is 6.42 Å². The van der Waals surface area contributed by atoms with E-state index in [0.717, 1.165) is 48.2 Å². The highest BCUT2D eigenvalue weighted by molar-refractivity contribution is 7.20. The van der Waals surface area contributed by atoms with E-state index in [1.165, 1.54) is 37.2 Å². The van der Waals surface area contributed by atoms with Crippen molar-refractivity contribution in [1.29, 1.82) is 0 Å². The molecule has 2 aliphatic rings. The van der Waals surface area contributed by atoms with Gasteiger partial charge in [-0.05, 0) is 89.6 Å². The first-order chi connectivity index (χ1) is 17.8. The molecule has 0 spiro atoms. The first-order valence-corrected chi connectivity index (χ1v) is 13.8. The van der Waals surface area contributed by atoms with Gasteiger partial charge in [-0.25, -0.2) is 4.98 Å². The highest BCUT2D eigenvalue weighted by atomic mass is 32.1. The second-order valence-corrected chi connectivity index (χ2v) is 10.8. The number of allylic oxidation sites excluding steroid dienone is 5. The second kappa shape index (κ2) is 8.76. The van der Waals surface area contributed by atoms with E-state index in [1.807, 2.05) is 11.3 Å². The van der Waals surface area contributed by atoms with Crippen LogP contribution in [-0.4, -0.2) is 9.55 Å². The summed E-state index contributed by atoms with van der Waals surface area (Å²) in [4.78, 5) is 6.61. The van der Waals surface area contributed by atoms with Gasteiger partial charge in [0.25, 0.3) is 0 Å². The van der Waals surface area contributed by atoms with Crippen LogP contribution in [0.15, 0.2) is 91.0 Å². The first-order valence-electron chi connectivity index (χ1n) is 13.0. The minimum absolute atomic E-state index is 0.425. The third-order valence-electron chi connectivity index (χ3n) is 7.72. The van der Waals surface area contributed by atoms with Gasteiger partial charge in [0.05, 0.1) is 11.0 Å². The van der Waals surface area contributed by atoms with Crippen molar-refractivity contribution in [3.05, 3.63) is 113 Å². The number of thiophene rings is 1. The van der Waals surface area contributed by atoms with Gasteiger partial charge in [0.1, 0.15) is 5.82 Å². The summed E-state index contributed by atoms with van der Waals surface area (Å²) in [5, 5.41) is 1.45. The molecule has 2 aromatic heterocycles. The lowest BCUT2D eigenvalue weighted by Crippen LogP contribution is -2.11. The molecule has 0 aliphatic heterocycles. The molecular weight excluding hydrogens is 456 g/mol. The van der Waals surface area contributed by atoms with E-state index < -0.39 is 0 Å². The topological polar surface area (TPSA) is 17.8 Å². The van der Waals surface area contributed by atoms with Crippen molar-refractivity contribution in [2.75, 3.05) is 0 Å². The van der Waals surface area contributed by atoms with E-state index >= 15 is 0 Å². The monoisotopic (exact) mass is 484 g/mol. The van der Waals surface area contributed by atoms with Crippen molar-refractivity contribution in [2.45, 2.75) is 32.6 Å². The van der Waals surface area contributed by atoms with Crippen molar-refractivity contribution in [1.82, 2.24) is 9.55 Å². The van der Waals surface area contributed by atoms with Gasteiger partial charge < -0.3 is 0 Å². The molecule has 1 atom stereocenters. The van der Waals surface area contributed by atoms with Gasteiger partial charge in [0, 0.05) is 15.3 Å². The molecule has 2 nitrogen and oxygen atoms in total. The van der Waals surface area contributed by atoms with Crippen molar-refractivity contribution >= 4 is 49.7 Å². The number of rotatable bonds is 4. The van der Waals surface area contributed by atoms with Crippen LogP contribution in [0.2, 0.25) is 0 Å². The summed E-state index contributed by atoms with van der Waals surface area (Å²) < 4.78 is 3.78. The number of benzene rings is 3. The first kappa shape index (κ1) is 21.6. The van der Waals surface area contributed by atoms with Gasteiger partial charge in [-0.3, -0.25) is 4.57 Å². The summed E-state index contributed by atoms with van der Waals surface area (Å²) in [6.45, 7) is 2.31. The normalized spacial score (nSPS) is 17.3. The Kier molecular flexibility index (Phi) is 5.25. The van der Waals surface area contributed by atoms with Crippen molar-refractivity contribution in [2.24, 2.45) is 5.92 Å². The quantitative estimate of drug-likeness (QED) is 0.249. The average Bonchev–Trinajstić information content (AvgIpc) is 3.52. The van der Waals surface area contributed by atoms with Crippen LogP contribution in [0.1, 0.15) is 48.0 Å². The summed E-state index contributed by atoms with van der Waals surface area (Å²) in [6.07, 6.45) is 13.8. The van der Waals surface area contributed by atoms with Crippen LogP contribution in [0.25, 0.3) is 44.0 Å². The Labute approximate surface area is 215 Å². The molecule has 2 heterocycles. The Bertz CT molecular complexity index is 1690. The smallest absolute Gasteiger partial charge is 0.141 e. The molecule has 3 aromatic carbocycles. The van der Waals surface area contributed by atoms with E-state index in [0.29, 0.717) is 5.92 Å². The number of nitrogens with zero attached hydrogens (tertiary/aromatic N) is 2. The van der Waals surface area contributed by atoms with E-state index in [4.69, 9.17) is 4.98 Å². The SMILES string of the molecule is CCC1CC(c2cccc3c4c(sc23)C=CCC4)=CC=C1c1nc2ccccc2n1-c1ccccc1. The van der Waals surface area contributed by atoms with Gasteiger partial charge in [-0.15, -0.1) is 11.3 Å². The van der Waals surface area contributed by atoms with Crippen LogP contribution in [0, 0.1) is 5.92 Å². The van der Waals surface area contributed by atoms with Crippen LogP contribution >= 0.6 is 11.3 Å². The largest absolute Gasteiger partial charge is 0.293 e. The second-order valence-electron chi connectivity index (χ2n) is 9.79. The minimum Gasteiger partial charge on any atom is -0.293 e. The number of fused-ring (bicyclic) bond motifs is 4. The lowest BCUT2D eigenvalue weighted by Gasteiger charge is -2.25. The van der Waals surface area contributed by atoms with Crippen molar-refractivity contribution in [3.63, 3.8) is 0 Å². The van der Waals surface area contributed by atoms with Crippen LogP contribution in [0.3, 0.4) is 0 Å². The van der Waals surface area contributed by atoms with Gasteiger partial charge in [-0.2, -0.15) is 0 Å². The minimum atomic E-state index is 0.425. The molecule has 7 rings (SSSR count). The molecule has 3 heteroatoms. The summed E-state index contributed by atoms with van der Waals surface area (Å²) >= 11 is 1.96. The molecule has 0 bridgehead atoms. The summed E-state index contributed by atoms with van der Waals surface area (Å²) in [5.41, 5.74) is 9.09. The Balaban J connectivity index is 1.39. The molecule has 0 N–H and O–H groups in total. The number of para-hydroxylation sites is 3. The van der Waals surface area contributed by atoms with Gasteiger partial charge in [0.15, 0.2) is 0 Å². The molecule has 176 valence electrons. The van der Waals surface area contributed by atoms with E-state index in [9.17, 15) is 0 Å². The summed E-state index contributed by atoms with van der Waals surface area (Å²) in [7, 11) is 0. The molecule has 5 aromatic rings. The van der Waals surface area contributed by atoms with Crippen molar-refractivity contribution in [3.8, 4) is 5.69 Å². The molecule has 0 amide bonds. The maximum absolute atomic E-state index is 5.16. The van der Waals surface area contributed by atoms with Crippen molar-refractivity contribution < 1.29 is 0 Å². The van der Waals surface area contributed by atoms with Crippen LogP contribution in [0.5, 0.6) is 0 Å². The molecule has 0 saturated heterocycles. The molecule has 0 radical (unpaired) electrons. The number of imidazole rings is 1. The van der Waals surface area contributed by atoms with Gasteiger partial charge >= 0.3 is 0 Å². The van der Waals surface area contributed by atoms with E-state index in [1.54, 1.807) is 0 Å². The maximum Gasteiger partial charge on any atom is 0.141 e. The zero-order valence-corrected chi connectivity index (χ0v) is 21.3. The Morgan fingerprint density at radius 1 is 0.944 bits per heavy atom.